The van der Waals surface area contributed by atoms with Crippen molar-refractivity contribution in [1.82, 2.24) is 5.32 Å². The summed E-state index contributed by atoms with van der Waals surface area (Å²) < 4.78 is 5.27. The van der Waals surface area contributed by atoms with Crippen LogP contribution in [0.25, 0.3) is 0 Å². The van der Waals surface area contributed by atoms with Gasteiger partial charge in [-0.25, -0.2) is 0 Å². The molecule has 0 aliphatic carbocycles. The van der Waals surface area contributed by atoms with Gasteiger partial charge >= 0.3 is 5.97 Å². The lowest BCUT2D eigenvalue weighted by molar-refractivity contribution is -0.147. The average Bonchev–Trinajstić information content (AvgIpc) is 2.28. The molecule has 16 heavy (non-hydrogen) atoms. The Bertz CT molecular complexity index is 206. The van der Waals surface area contributed by atoms with Crippen LogP contribution in [0.3, 0.4) is 0 Å². The highest BCUT2D eigenvalue weighted by Crippen LogP contribution is 2.15. The topological polar surface area (TPSA) is 38.3 Å². The maximum absolute atomic E-state index is 11.7. The number of hydrogen-bond acceptors (Lipinski definition) is 3. The highest BCUT2D eigenvalue weighted by Gasteiger charge is 2.25. The van der Waals surface area contributed by atoms with Crippen LogP contribution in [0.2, 0.25) is 0 Å². The molecule has 0 aromatic heterocycles. The van der Waals surface area contributed by atoms with Crippen LogP contribution in [0.4, 0.5) is 0 Å². The van der Waals surface area contributed by atoms with Gasteiger partial charge in [0.15, 0.2) is 0 Å². The van der Waals surface area contributed by atoms with Crippen LogP contribution in [0.5, 0.6) is 0 Å². The maximum atomic E-state index is 11.7. The summed E-state index contributed by atoms with van der Waals surface area (Å²) in [5.74, 6) is 0.585. The van der Waals surface area contributed by atoms with Crippen LogP contribution in [0.15, 0.2) is 0 Å². The lowest BCUT2D eigenvalue weighted by Gasteiger charge is -2.26. The second-order valence-electron chi connectivity index (χ2n) is 4.86. The smallest absolute Gasteiger partial charge is 0.323 e. The van der Waals surface area contributed by atoms with Gasteiger partial charge in [0.2, 0.25) is 0 Å². The zero-order valence-electron chi connectivity index (χ0n) is 10.6. The first-order valence-electron chi connectivity index (χ1n) is 6.64. The lowest BCUT2D eigenvalue weighted by atomic mass is 9.94. The van der Waals surface area contributed by atoms with E-state index in [1.807, 2.05) is 0 Å². The molecule has 94 valence electrons. The number of piperidine rings is 1. The summed E-state index contributed by atoms with van der Waals surface area (Å²) in [5, 5.41) is 3.23. The molecule has 1 fully saturated rings. The van der Waals surface area contributed by atoms with Crippen LogP contribution in [-0.4, -0.2) is 25.2 Å². The molecular weight excluding hydrogens is 202 g/mol. The summed E-state index contributed by atoms with van der Waals surface area (Å²) in [4.78, 5) is 11.7. The Labute approximate surface area is 98.9 Å². The standard InChI is InChI=1S/C13H25NO2/c1-3-4-5-6-9-16-13(15)12-10-11(2)7-8-14-12/h11-12,14H,3-10H2,1-2H3. The quantitative estimate of drug-likeness (QED) is 0.559. The Balaban J connectivity index is 2.09. The second kappa shape index (κ2) is 7.66. The van der Waals surface area contributed by atoms with Crippen molar-refractivity contribution in [2.45, 2.75) is 58.4 Å². The van der Waals surface area contributed by atoms with Crippen molar-refractivity contribution in [2.24, 2.45) is 5.92 Å². The maximum Gasteiger partial charge on any atom is 0.323 e. The zero-order valence-corrected chi connectivity index (χ0v) is 10.6. The van der Waals surface area contributed by atoms with E-state index in [2.05, 4.69) is 19.2 Å². The van der Waals surface area contributed by atoms with Crippen molar-refractivity contribution in [3.05, 3.63) is 0 Å². The van der Waals surface area contributed by atoms with Crippen molar-refractivity contribution in [3.8, 4) is 0 Å². The minimum atomic E-state index is -0.0603. The van der Waals surface area contributed by atoms with Gasteiger partial charge in [-0.1, -0.05) is 33.1 Å². The largest absolute Gasteiger partial charge is 0.465 e. The summed E-state index contributed by atoms with van der Waals surface area (Å²) in [7, 11) is 0. The first kappa shape index (κ1) is 13.5. The fraction of sp³-hybridized carbons (Fsp3) is 0.923. The molecule has 2 atom stereocenters. The van der Waals surface area contributed by atoms with Gasteiger partial charge in [-0.05, 0) is 31.7 Å². The summed E-state index contributed by atoms with van der Waals surface area (Å²) >= 11 is 0. The fourth-order valence-electron chi connectivity index (χ4n) is 2.09. The van der Waals surface area contributed by atoms with Crippen LogP contribution in [-0.2, 0) is 9.53 Å². The van der Waals surface area contributed by atoms with E-state index in [0.29, 0.717) is 12.5 Å². The summed E-state index contributed by atoms with van der Waals surface area (Å²) in [6, 6.07) is -0.0603. The molecule has 1 saturated heterocycles. The molecule has 0 bridgehead atoms. The normalized spacial score (nSPS) is 25.4. The number of hydrogen-bond donors (Lipinski definition) is 1. The Morgan fingerprint density at radius 1 is 1.38 bits per heavy atom. The fourth-order valence-corrected chi connectivity index (χ4v) is 2.09. The molecule has 1 aliphatic rings. The third kappa shape index (κ3) is 4.97. The van der Waals surface area contributed by atoms with E-state index in [4.69, 9.17) is 4.74 Å². The third-order valence-corrected chi connectivity index (χ3v) is 3.19. The highest BCUT2D eigenvalue weighted by atomic mass is 16.5. The number of carbonyl (C=O) groups is 1. The Hall–Kier alpha value is -0.570. The Kier molecular flexibility index (Phi) is 6.46. The zero-order chi connectivity index (χ0) is 11.8. The molecule has 1 N–H and O–H groups in total. The number of ether oxygens (including phenoxy) is 1. The molecule has 0 aromatic carbocycles. The second-order valence-corrected chi connectivity index (χ2v) is 4.86. The molecule has 3 heteroatoms. The van der Waals surface area contributed by atoms with Gasteiger partial charge in [-0.15, -0.1) is 0 Å². The summed E-state index contributed by atoms with van der Waals surface area (Å²) in [5.41, 5.74) is 0. The third-order valence-electron chi connectivity index (χ3n) is 3.19. The predicted octanol–water partition coefficient (Wildman–Crippen LogP) is 2.50. The van der Waals surface area contributed by atoms with Crippen molar-refractivity contribution in [3.63, 3.8) is 0 Å². The molecule has 2 unspecified atom stereocenters. The number of carbonyl (C=O) groups excluding carboxylic acids is 1. The van der Waals surface area contributed by atoms with Crippen molar-refractivity contribution >= 4 is 5.97 Å². The Morgan fingerprint density at radius 2 is 2.19 bits per heavy atom. The molecule has 3 nitrogen and oxygen atoms in total. The molecule has 1 aliphatic heterocycles. The molecule has 0 spiro atoms. The van der Waals surface area contributed by atoms with Gasteiger partial charge < -0.3 is 10.1 Å². The summed E-state index contributed by atoms with van der Waals surface area (Å²) in [6.07, 6.45) is 6.71. The molecule has 0 radical (unpaired) electrons. The number of esters is 1. The van der Waals surface area contributed by atoms with Crippen LogP contribution < -0.4 is 5.32 Å². The van der Waals surface area contributed by atoms with Crippen LogP contribution >= 0.6 is 0 Å². The SMILES string of the molecule is CCCCCCOC(=O)C1CC(C)CCN1. The van der Waals surface area contributed by atoms with Gasteiger partial charge in [0, 0.05) is 0 Å². The van der Waals surface area contributed by atoms with E-state index >= 15 is 0 Å². The molecule has 1 rings (SSSR count). The monoisotopic (exact) mass is 227 g/mol. The van der Waals surface area contributed by atoms with E-state index in [1.165, 1.54) is 19.3 Å². The van der Waals surface area contributed by atoms with E-state index in [0.717, 1.165) is 25.8 Å². The van der Waals surface area contributed by atoms with Gasteiger partial charge in [0.05, 0.1) is 6.61 Å². The first-order chi connectivity index (χ1) is 7.74. The predicted molar refractivity (Wildman–Crippen MR) is 65.3 cm³/mol. The minimum absolute atomic E-state index is 0.0527. The van der Waals surface area contributed by atoms with Crippen LogP contribution in [0.1, 0.15) is 52.4 Å². The molecule has 1 heterocycles. The van der Waals surface area contributed by atoms with Crippen LogP contribution in [0, 0.1) is 5.92 Å². The lowest BCUT2D eigenvalue weighted by Crippen LogP contribution is -2.43. The molecule has 0 saturated carbocycles. The first-order valence-corrected chi connectivity index (χ1v) is 6.64. The van der Waals surface area contributed by atoms with Gasteiger partial charge in [-0.2, -0.15) is 0 Å². The van der Waals surface area contributed by atoms with Crippen molar-refractivity contribution in [2.75, 3.05) is 13.2 Å². The number of nitrogens with one attached hydrogen (secondary N) is 1. The van der Waals surface area contributed by atoms with Gasteiger partial charge in [0.1, 0.15) is 6.04 Å². The molecule has 0 aromatic rings. The van der Waals surface area contributed by atoms with E-state index in [9.17, 15) is 4.79 Å². The Morgan fingerprint density at radius 3 is 2.88 bits per heavy atom. The van der Waals surface area contributed by atoms with E-state index < -0.39 is 0 Å². The van der Waals surface area contributed by atoms with Crippen molar-refractivity contribution < 1.29 is 9.53 Å². The average molecular weight is 227 g/mol. The van der Waals surface area contributed by atoms with Crippen molar-refractivity contribution in [1.29, 1.82) is 0 Å². The highest BCUT2D eigenvalue weighted by molar-refractivity contribution is 5.75. The summed E-state index contributed by atoms with van der Waals surface area (Å²) in [6.45, 7) is 5.91. The minimum Gasteiger partial charge on any atom is -0.465 e. The molecular formula is C13H25NO2. The molecule has 0 amide bonds. The van der Waals surface area contributed by atoms with E-state index in [1.54, 1.807) is 0 Å². The number of unbranched alkanes of at least 4 members (excludes halogenated alkanes) is 3. The van der Waals surface area contributed by atoms with Gasteiger partial charge in [0.25, 0.3) is 0 Å². The van der Waals surface area contributed by atoms with Gasteiger partial charge in [-0.3, -0.25) is 4.79 Å². The van der Waals surface area contributed by atoms with E-state index in [-0.39, 0.29) is 12.0 Å². The number of rotatable bonds is 6.